The predicted molar refractivity (Wildman–Crippen MR) is 403 cm³/mol. The van der Waals surface area contributed by atoms with Gasteiger partial charge in [-0.15, -0.1) is 0 Å². The van der Waals surface area contributed by atoms with Crippen molar-refractivity contribution in [3.05, 3.63) is 237 Å². The van der Waals surface area contributed by atoms with Gasteiger partial charge in [-0.2, -0.15) is 0 Å². The van der Waals surface area contributed by atoms with Crippen LogP contribution in [-0.2, 0) is 61.3 Å². The first kappa shape index (κ1) is 122. The van der Waals surface area contributed by atoms with Crippen LogP contribution in [0, 0.1) is 237 Å². The van der Waals surface area contributed by atoms with Crippen LogP contribution >= 0.6 is 0 Å². The van der Waals surface area contributed by atoms with Crippen LogP contribution in [0.1, 0.15) is 277 Å². The van der Waals surface area contributed by atoms with E-state index in [1.165, 1.54) is 237 Å². The van der Waals surface area contributed by atoms with Gasteiger partial charge in [-0.25, -0.2) is 0 Å². The van der Waals surface area contributed by atoms with Gasteiger partial charge in [-0.3, -0.25) is 0 Å². The molecule has 0 amide bonds. The molecule has 0 aromatic rings. The van der Waals surface area contributed by atoms with Gasteiger partial charge in [-0.05, 0) is 237 Å². The Morgan fingerprint density at radius 1 is 0.0659 bits per heavy atom. The van der Waals surface area contributed by atoms with Gasteiger partial charge in [0.15, 0.2) is 0 Å². The van der Waals surface area contributed by atoms with Crippen LogP contribution in [0.5, 0.6) is 0 Å². The molecule has 8 saturated carbocycles. The van der Waals surface area contributed by atoms with Gasteiger partial charge >= 0.3 is 0 Å². The molecule has 8 aliphatic rings. The maximum atomic E-state index is 2.20. The summed E-state index contributed by atoms with van der Waals surface area (Å²) in [6.45, 7) is 88.0. The molecule has 8 aliphatic carbocycles. The maximum Gasteiger partial charge on any atom is 0 e. The number of hydrogen-bond acceptors (Lipinski definition) is 0. The zero-order chi connectivity index (χ0) is 63.1. The quantitative estimate of drug-likeness (QED) is 0.212. The van der Waals surface area contributed by atoms with Crippen molar-refractivity contribution in [2.75, 3.05) is 0 Å². The Kier molecular flexibility index (Phi) is 74.3. The molecular weight excluding hydrogens is 1840 g/mol. The molecule has 0 unspecified atom stereocenters. The third kappa shape index (κ3) is 31.4. The van der Waals surface area contributed by atoms with Crippen molar-refractivity contribution >= 4 is 158 Å². The molecule has 0 aliphatic heterocycles. The molecular formula is C80H120Ga8Pd3. The van der Waals surface area contributed by atoms with E-state index >= 15 is 0 Å². The molecule has 0 N–H and O–H groups in total. The molecule has 11 heteroatoms. The monoisotopic (exact) mass is 1950 g/mol. The van der Waals surface area contributed by atoms with Crippen molar-refractivity contribution in [1.29, 1.82) is 0 Å². The molecule has 494 valence electrons. The van der Waals surface area contributed by atoms with Crippen LogP contribution in [-0.4, -0.2) is 158 Å². The molecule has 64 radical (unpaired) electrons. The fourth-order valence-electron chi connectivity index (χ4n) is 11.2. The molecule has 0 aromatic heterocycles. The van der Waals surface area contributed by atoms with Gasteiger partial charge in [-0.1, -0.05) is 277 Å². The normalized spacial score (nSPS) is 25.1. The van der Waals surface area contributed by atoms with Gasteiger partial charge in [0.25, 0.3) is 0 Å². The average molecular weight is 1960 g/mol. The van der Waals surface area contributed by atoms with E-state index in [1.807, 2.05) is 0 Å². The summed E-state index contributed by atoms with van der Waals surface area (Å²) in [6, 6.07) is 0. The summed E-state index contributed by atoms with van der Waals surface area (Å²) in [6.07, 6.45) is 0. The summed E-state index contributed by atoms with van der Waals surface area (Å²) in [5.74, 6) is 58.7. The summed E-state index contributed by atoms with van der Waals surface area (Å²) in [7, 11) is 0. The third-order valence-electron chi connectivity index (χ3n) is 22.5. The largest absolute Gasteiger partial charge is 0.0579 e. The summed E-state index contributed by atoms with van der Waals surface area (Å²) in [4.78, 5) is 0. The van der Waals surface area contributed by atoms with Gasteiger partial charge in [0.1, 0.15) is 0 Å². The van der Waals surface area contributed by atoms with E-state index in [-0.39, 0.29) is 220 Å². The van der Waals surface area contributed by atoms with Crippen molar-refractivity contribution in [2.45, 2.75) is 277 Å². The van der Waals surface area contributed by atoms with Crippen molar-refractivity contribution < 1.29 is 61.3 Å². The van der Waals surface area contributed by atoms with E-state index in [4.69, 9.17) is 0 Å². The average Bonchev–Trinajstić information content (AvgIpc) is 4.09. The Labute approximate surface area is 723 Å². The number of hydrogen-bond donors (Lipinski definition) is 0. The molecule has 0 bridgehead atoms. The Bertz CT molecular complexity index is 997. The maximum absolute atomic E-state index is 2.20. The van der Waals surface area contributed by atoms with E-state index in [0.717, 1.165) is 0 Å². The van der Waals surface area contributed by atoms with Crippen LogP contribution in [0.25, 0.3) is 0 Å². The first-order chi connectivity index (χ1) is 36.4. The van der Waals surface area contributed by atoms with Crippen LogP contribution in [0.2, 0.25) is 0 Å². The second-order valence-corrected chi connectivity index (χ2v) is 25.0. The van der Waals surface area contributed by atoms with E-state index < -0.39 is 0 Å². The summed E-state index contributed by atoms with van der Waals surface area (Å²) in [5, 5.41) is 0. The van der Waals surface area contributed by atoms with Gasteiger partial charge in [0.2, 0.25) is 0 Å². The summed E-state index contributed by atoms with van der Waals surface area (Å²) < 4.78 is 0. The minimum atomic E-state index is 0. The minimum Gasteiger partial charge on any atom is -0.0579 e. The van der Waals surface area contributed by atoms with Gasteiger partial charge in [0, 0.05) is 220 Å². The smallest absolute Gasteiger partial charge is 0 e. The minimum absolute atomic E-state index is 0. The zero-order valence-corrected chi connectivity index (χ0v) is 89.6. The first-order valence-corrected chi connectivity index (χ1v) is 30.0. The van der Waals surface area contributed by atoms with Crippen molar-refractivity contribution in [3.63, 3.8) is 0 Å². The summed E-state index contributed by atoms with van der Waals surface area (Å²) >= 11 is 0. The topological polar surface area (TPSA) is 0 Å². The second kappa shape index (κ2) is 55.5. The first-order valence-electron chi connectivity index (χ1n) is 30.0. The van der Waals surface area contributed by atoms with Crippen LogP contribution in [0.15, 0.2) is 0 Å². The number of rotatable bonds is 0. The Hall–Kier alpha value is 7.08. The van der Waals surface area contributed by atoms with Crippen LogP contribution in [0.4, 0.5) is 0 Å². The Morgan fingerprint density at radius 2 is 0.0769 bits per heavy atom. The molecule has 0 nitrogen and oxygen atoms in total. The predicted octanol–water partition coefficient (Wildman–Crippen LogP) is 20.7. The van der Waals surface area contributed by atoms with Gasteiger partial charge < -0.3 is 0 Å². The molecule has 8 rings (SSSR count). The molecule has 91 heavy (non-hydrogen) atoms. The van der Waals surface area contributed by atoms with Crippen molar-refractivity contribution in [3.8, 4) is 0 Å². The standard InChI is InChI=1S/8C10H15.8Ga.3Pd/c8*1-6-7(2)9(4)10(5)8(6)3;;;;;;;;;;;/h8*1-5H3;;;;;;;;;;;. The molecule has 0 heterocycles. The SMILES string of the molecule is C[C]1[C](C)[C](C)[C](C)[C]1C.C[C]1[C](C)[C](C)[C](C)[C]1C.C[C]1[C](C)[C](C)[C](C)[C]1C.C[C]1[C](C)[C](C)[C](C)[C]1C.C[C]1[C](C)[C](C)[C](C)[C]1C.C[C]1[C](C)[C](C)[C](C)[C]1C.C[C]1[C](C)[C](C)[C](C)[C]1C.C[C]1[C](C)[C](C)[C](C)[C]1C.[Ga].[Ga].[Ga].[Ga].[Ga].[Ga].[Ga].[Ga].[Pd].[Pd].[Pd]. The molecule has 0 aromatic carbocycles. The van der Waals surface area contributed by atoms with E-state index in [9.17, 15) is 0 Å². The molecule has 0 atom stereocenters. The van der Waals surface area contributed by atoms with Crippen molar-refractivity contribution in [1.82, 2.24) is 0 Å². The van der Waals surface area contributed by atoms with Gasteiger partial charge in [0.05, 0.1) is 0 Å². The van der Waals surface area contributed by atoms with E-state index in [0.29, 0.717) is 0 Å². The van der Waals surface area contributed by atoms with Crippen molar-refractivity contribution in [2.24, 2.45) is 0 Å². The molecule has 8 fully saturated rings. The Balaban J connectivity index is -0.0000000878. The second-order valence-electron chi connectivity index (χ2n) is 25.0. The van der Waals surface area contributed by atoms with Crippen LogP contribution < -0.4 is 0 Å². The molecule has 0 spiro atoms. The fraction of sp³-hybridized carbons (Fsp3) is 0.500. The zero-order valence-electron chi connectivity index (χ0n) is 65.6. The van der Waals surface area contributed by atoms with E-state index in [1.54, 1.807) is 0 Å². The molecule has 0 saturated heterocycles. The third-order valence-corrected chi connectivity index (χ3v) is 22.5. The van der Waals surface area contributed by atoms with E-state index in [2.05, 4.69) is 277 Å². The Morgan fingerprint density at radius 3 is 0.0879 bits per heavy atom. The van der Waals surface area contributed by atoms with Crippen LogP contribution in [0.3, 0.4) is 0 Å². The fourth-order valence-corrected chi connectivity index (χ4v) is 11.2. The summed E-state index contributed by atoms with van der Waals surface area (Å²) in [5.41, 5.74) is 0.